The van der Waals surface area contributed by atoms with E-state index in [1.54, 1.807) is 26.1 Å². The van der Waals surface area contributed by atoms with Gasteiger partial charge in [0.05, 0.1) is 28.7 Å². The second-order valence-electron chi connectivity index (χ2n) is 7.01. The van der Waals surface area contributed by atoms with Crippen molar-refractivity contribution in [2.24, 2.45) is 0 Å². The van der Waals surface area contributed by atoms with E-state index in [9.17, 15) is 9.59 Å². The molecule has 4 aromatic rings. The molecule has 4 heterocycles. The van der Waals surface area contributed by atoms with Crippen molar-refractivity contribution in [1.29, 1.82) is 0 Å². The molecule has 4 aromatic heterocycles. The maximum absolute atomic E-state index is 13.2. The van der Waals surface area contributed by atoms with Crippen LogP contribution in [0.4, 0.5) is 0 Å². The molecule has 1 N–H and O–H groups in total. The number of fused-ring (bicyclic) bond motifs is 2. The van der Waals surface area contributed by atoms with Crippen LogP contribution < -0.4 is 5.56 Å². The minimum Gasteiger partial charge on any atom is -0.336 e. The van der Waals surface area contributed by atoms with Crippen molar-refractivity contribution in [1.82, 2.24) is 25.0 Å². The van der Waals surface area contributed by atoms with Crippen LogP contribution in [-0.2, 0) is 6.54 Å². The zero-order valence-electron chi connectivity index (χ0n) is 15.9. The summed E-state index contributed by atoms with van der Waals surface area (Å²) in [6.45, 7) is 5.95. The molecule has 0 radical (unpaired) electrons. The Balaban J connectivity index is 1.71. The highest BCUT2D eigenvalue weighted by Gasteiger charge is 2.22. The molecule has 0 aliphatic heterocycles. The quantitative estimate of drug-likeness (QED) is 0.567. The molecule has 0 aromatic carbocycles. The molecule has 9 heteroatoms. The SMILES string of the molecule is Cc1noc2nc(C(C)C)cc(C(=O)N(C)Cc3nc4ccsc4c(=O)[nH]3)c12. The minimum atomic E-state index is -0.214. The van der Waals surface area contributed by atoms with Gasteiger partial charge in [0.15, 0.2) is 0 Å². The van der Waals surface area contributed by atoms with Gasteiger partial charge in [-0.3, -0.25) is 9.59 Å². The minimum absolute atomic E-state index is 0.130. The van der Waals surface area contributed by atoms with Crippen LogP contribution in [0.1, 0.15) is 47.3 Å². The molecular formula is C19H19N5O3S. The van der Waals surface area contributed by atoms with Gasteiger partial charge in [-0.25, -0.2) is 9.97 Å². The molecule has 0 aliphatic carbocycles. The summed E-state index contributed by atoms with van der Waals surface area (Å²) < 4.78 is 5.87. The van der Waals surface area contributed by atoms with Crippen LogP contribution in [0.15, 0.2) is 26.8 Å². The van der Waals surface area contributed by atoms with E-state index in [0.29, 0.717) is 38.4 Å². The van der Waals surface area contributed by atoms with Gasteiger partial charge in [0.25, 0.3) is 17.2 Å². The highest BCUT2D eigenvalue weighted by molar-refractivity contribution is 7.17. The Bertz CT molecular complexity index is 1250. The zero-order chi connectivity index (χ0) is 20.0. The third-order valence-corrected chi connectivity index (χ3v) is 5.46. The van der Waals surface area contributed by atoms with Crippen molar-refractivity contribution in [3.8, 4) is 0 Å². The predicted octanol–water partition coefficient (Wildman–Crippen LogP) is 3.22. The number of aryl methyl sites for hydroxylation is 1. The van der Waals surface area contributed by atoms with Gasteiger partial charge in [-0.2, -0.15) is 0 Å². The maximum Gasteiger partial charge on any atom is 0.268 e. The third kappa shape index (κ3) is 3.07. The van der Waals surface area contributed by atoms with E-state index in [1.807, 2.05) is 19.2 Å². The number of hydrogen-bond acceptors (Lipinski definition) is 7. The molecule has 8 nitrogen and oxygen atoms in total. The van der Waals surface area contributed by atoms with Crippen molar-refractivity contribution < 1.29 is 9.32 Å². The standard InChI is InChI=1S/C19H19N5O3S/c1-9(2)13-7-11(15-10(3)23-27-18(15)21-13)19(26)24(4)8-14-20-12-5-6-28-16(12)17(25)22-14/h5-7,9H,8H2,1-4H3,(H,20,22,25). The smallest absolute Gasteiger partial charge is 0.268 e. The second kappa shape index (κ2) is 6.83. The summed E-state index contributed by atoms with van der Waals surface area (Å²) >= 11 is 1.34. The van der Waals surface area contributed by atoms with Crippen LogP contribution in [0.25, 0.3) is 21.3 Å². The van der Waals surface area contributed by atoms with E-state index in [2.05, 4.69) is 20.1 Å². The highest BCUT2D eigenvalue weighted by atomic mass is 32.1. The van der Waals surface area contributed by atoms with Gasteiger partial charge >= 0.3 is 0 Å². The first kappa shape index (κ1) is 18.3. The Morgan fingerprint density at radius 2 is 2.14 bits per heavy atom. The molecule has 4 rings (SSSR count). The molecule has 0 saturated heterocycles. The lowest BCUT2D eigenvalue weighted by molar-refractivity contribution is 0.0783. The normalized spacial score (nSPS) is 11.6. The molecule has 1 amide bonds. The fourth-order valence-corrected chi connectivity index (χ4v) is 3.80. The zero-order valence-corrected chi connectivity index (χ0v) is 16.8. The molecule has 144 valence electrons. The van der Waals surface area contributed by atoms with Gasteiger partial charge in [-0.05, 0) is 30.4 Å². The molecule has 0 bridgehead atoms. The Morgan fingerprint density at radius 1 is 1.36 bits per heavy atom. The van der Waals surface area contributed by atoms with Crippen molar-refractivity contribution in [2.75, 3.05) is 7.05 Å². The van der Waals surface area contributed by atoms with Gasteiger partial charge in [0.2, 0.25) is 0 Å². The molecule has 28 heavy (non-hydrogen) atoms. The van der Waals surface area contributed by atoms with E-state index in [4.69, 9.17) is 4.52 Å². The second-order valence-corrected chi connectivity index (χ2v) is 7.92. The van der Waals surface area contributed by atoms with Crippen LogP contribution in [0.2, 0.25) is 0 Å². The monoisotopic (exact) mass is 397 g/mol. The number of pyridine rings is 1. The summed E-state index contributed by atoms with van der Waals surface area (Å²) in [7, 11) is 1.67. The average molecular weight is 397 g/mol. The number of thiophene rings is 1. The maximum atomic E-state index is 13.2. The number of carbonyl (C=O) groups is 1. The summed E-state index contributed by atoms with van der Waals surface area (Å²) in [5.74, 6) is 0.350. The number of rotatable bonds is 4. The topological polar surface area (TPSA) is 105 Å². The number of aromatic nitrogens is 4. The van der Waals surface area contributed by atoms with Crippen LogP contribution in [0.3, 0.4) is 0 Å². The van der Waals surface area contributed by atoms with Crippen LogP contribution in [0, 0.1) is 6.92 Å². The van der Waals surface area contributed by atoms with E-state index < -0.39 is 0 Å². The van der Waals surface area contributed by atoms with Crippen LogP contribution in [-0.4, -0.2) is 38.0 Å². The molecule has 0 fully saturated rings. The van der Waals surface area contributed by atoms with E-state index in [-0.39, 0.29) is 23.9 Å². The number of aromatic amines is 1. The number of H-pyrrole nitrogens is 1. The van der Waals surface area contributed by atoms with Gasteiger partial charge in [0, 0.05) is 12.7 Å². The number of nitrogens with zero attached hydrogens (tertiary/aromatic N) is 4. The Hall–Kier alpha value is -3.07. The van der Waals surface area contributed by atoms with Crippen LogP contribution >= 0.6 is 11.3 Å². The van der Waals surface area contributed by atoms with Gasteiger partial charge in [0.1, 0.15) is 10.5 Å². The number of carbonyl (C=O) groups excluding carboxylic acids is 1. The molecule has 0 saturated carbocycles. The van der Waals surface area contributed by atoms with Crippen molar-refractivity contribution in [3.05, 3.63) is 50.6 Å². The van der Waals surface area contributed by atoms with Gasteiger partial charge in [-0.15, -0.1) is 11.3 Å². The highest BCUT2D eigenvalue weighted by Crippen LogP contribution is 2.26. The Kier molecular flexibility index (Phi) is 4.46. The summed E-state index contributed by atoms with van der Waals surface area (Å²) in [5, 5.41) is 6.38. The number of hydrogen-bond donors (Lipinski definition) is 1. The van der Waals surface area contributed by atoms with Gasteiger partial charge < -0.3 is 14.4 Å². The van der Waals surface area contributed by atoms with E-state index in [1.165, 1.54) is 16.2 Å². The molecule has 0 spiro atoms. The summed E-state index contributed by atoms with van der Waals surface area (Å²) in [5.41, 5.74) is 2.64. The Labute approximate surface area is 164 Å². The average Bonchev–Trinajstić information content (AvgIpc) is 3.27. The fourth-order valence-electron chi connectivity index (χ4n) is 3.08. The summed E-state index contributed by atoms with van der Waals surface area (Å²) in [6.07, 6.45) is 0. The van der Waals surface area contributed by atoms with Crippen LogP contribution in [0.5, 0.6) is 0 Å². The van der Waals surface area contributed by atoms with E-state index in [0.717, 1.165) is 5.69 Å². The van der Waals surface area contributed by atoms with Crippen molar-refractivity contribution in [3.63, 3.8) is 0 Å². The lowest BCUT2D eigenvalue weighted by Gasteiger charge is -2.18. The molecular weight excluding hydrogens is 378 g/mol. The largest absolute Gasteiger partial charge is 0.336 e. The molecule has 0 atom stereocenters. The number of amides is 1. The van der Waals surface area contributed by atoms with Crippen molar-refractivity contribution in [2.45, 2.75) is 33.2 Å². The molecule has 0 unspecified atom stereocenters. The molecule has 0 aliphatic rings. The Morgan fingerprint density at radius 3 is 2.89 bits per heavy atom. The first-order chi connectivity index (χ1) is 13.3. The number of nitrogens with one attached hydrogen (secondary N) is 1. The predicted molar refractivity (Wildman–Crippen MR) is 107 cm³/mol. The lowest BCUT2D eigenvalue weighted by atomic mass is 10.0. The lowest BCUT2D eigenvalue weighted by Crippen LogP contribution is -2.28. The van der Waals surface area contributed by atoms with Crippen molar-refractivity contribution >= 4 is 38.6 Å². The fraction of sp³-hybridized carbons (Fsp3) is 0.316. The first-order valence-electron chi connectivity index (χ1n) is 8.84. The third-order valence-electron chi connectivity index (χ3n) is 4.56. The van der Waals surface area contributed by atoms with E-state index >= 15 is 0 Å². The summed E-state index contributed by atoms with van der Waals surface area (Å²) in [4.78, 5) is 38.5. The first-order valence-corrected chi connectivity index (χ1v) is 9.72. The van der Waals surface area contributed by atoms with Gasteiger partial charge in [-0.1, -0.05) is 19.0 Å². The summed E-state index contributed by atoms with van der Waals surface area (Å²) in [6, 6.07) is 3.58.